The Kier molecular flexibility index (Phi) is 8.27. The Morgan fingerprint density at radius 2 is 0.792 bits per heavy atom. The molecule has 0 saturated carbocycles. The number of alkyl halides is 3. The smallest absolute Gasteiger partial charge is 0.382 e. The van der Waals surface area contributed by atoms with Gasteiger partial charge in [0.15, 0.2) is 0 Å². The maximum Gasteiger partial charge on any atom is 0.416 e. The Morgan fingerprint density at radius 1 is 0.458 bits per heavy atom. The fraction of sp³-hybridized carbons (Fsp3) is 0.122. The minimum Gasteiger partial charge on any atom is -0.382 e. The van der Waals surface area contributed by atoms with Gasteiger partial charge in [-0.1, -0.05) is 79.7 Å². The lowest BCUT2D eigenvalue weighted by atomic mass is 10.0. The average Bonchev–Trinajstić information content (AvgIpc) is 3.11. The van der Waals surface area contributed by atoms with E-state index < -0.39 is 11.7 Å². The maximum atomic E-state index is 13.1. The van der Waals surface area contributed by atoms with Gasteiger partial charge in [0.2, 0.25) is 0 Å². The van der Waals surface area contributed by atoms with E-state index >= 15 is 0 Å². The number of hydrogen-bond acceptors (Lipinski definition) is 4. The molecule has 0 radical (unpaired) electrons. The summed E-state index contributed by atoms with van der Waals surface area (Å²) in [7, 11) is 0. The molecule has 4 nitrogen and oxygen atoms in total. The van der Waals surface area contributed by atoms with E-state index in [9.17, 15) is 13.2 Å². The molecule has 4 N–H and O–H groups in total. The largest absolute Gasteiger partial charge is 0.416 e. The predicted octanol–water partition coefficient (Wildman–Crippen LogP) is 12.6. The van der Waals surface area contributed by atoms with Crippen molar-refractivity contribution in [2.45, 2.75) is 32.5 Å². The molecule has 240 valence electrons. The molecule has 0 spiro atoms. The number of fused-ring (bicyclic) bond motifs is 3. The SMILES string of the molecule is CCC(C)Nc1ccc(Nc2ccc(Nc3ccc(Nc4ccc(C(F)(F)F)cc4)c4ccccc34)c3ccccc23)c2ccccc12. The highest BCUT2D eigenvalue weighted by Crippen LogP contribution is 2.39. The summed E-state index contributed by atoms with van der Waals surface area (Å²) in [6.07, 6.45) is -3.33. The van der Waals surface area contributed by atoms with Crippen molar-refractivity contribution in [3.8, 4) is 0 Å². The Labute approximate surface area is 277 Å². The summed E-state index contributed by atoms with van der Waals surface area (Å²) < 4.78 is 39.2. The Morgan fingerprint density at radius 3 is 1.15 bits per heavy atom. The molecule has 1 atom stereocenters. The Hall–Kier alpha value is -5.69. The zero-order valence-electron chi connectivity index (χ0n) is 26.6. The lowest BCUT2D eigenvalue weighted by Crippen LogP contribution is -2.13. The monoisotopic (exact) mass is 640 g/mol. The third kappa shape index (κ3) is 6.19. The highest BCUT2D eigenvalue weighted by Gasteiger charge is 2.30. The summed E-state index contributed by atoms with van der Waals surface area (Å²) in [5, 5.41) is 20.7. The van der Waals surface area contributed by atoms with Gasteiger partial charge in [-0.3, -0.25) is 0 Å². The van der Waals surface area contributed by atoms with E-state index in [-0.39, 0.29) is 0 Å². The van der Waals surface area contributed by atoms with Crippen LogP contribution in [0.25, 0.3) is 32.3 Å². The molecule has 7 aromatic rings. The summed E-state index contributed by atoms with van der Waals surface area (Å²) in [5.74, 6) is 0. The maximum absolute atomic E-state index is 13.1. The van der Waals surface area contributed by atoms with Gasteiger partial charge in [0.1, 0.15) is 0 Å². The van der Waals surface area contributed by atoms with Gasteiger partial charge in [0.05, 0.1) is 5.56 Å². The summed E-state index contributed by atoms with van der Waals surface area (Å²) >= 11 is 0. The van der Waals surface area contributed by atoms with Crippen LogP contribution in [0.15, 0.2) is 133 Å². The van der Waals surface area contributed by atoms with Crippen LogP contribution in [0.5, 0.6) is 0 Å². The first-order valence-corrected chi connectivity index (χ1v) is 16.1. The van der Waals surface area contributed by atoms with E-state index in [2.05, 4.69) is 95.8 Å². The van der Waals surface area contributed by atoms with Crippen LogP contribution in [-0.4, -0.2) is 6.04 Å². The van der Waals surface area contributed by atoms with Crippen LogP contribution in [0.1, 0.15) is 25.8 Å². The fourth-order valence-corrected chi connectivity index (χ4v) is 6.12. The lowest BCUT2D eigenvalue weighted by molar-refractivity contribution is -0.137. The molecule has 7 heteroatoms. The van der Waals surface area contributed by atoms with Crippen molar-refractivity contribution in [3.05, 3.63) is 139 Å². The number of anilines is 7. The van der Waals surface area contributed by atoms with Gasteiger partial charge in [0.25, 0.3) is 0 Å². The van der Waals surface area contributed by atoms with Crippen LogP contribution in [0.2, 0.25) is 0 Å². The molecule has 0 heterocycles. The van der Waals surface area contributed by atoms with Gasteiger partial charge in [-0.2, -0.15) is 13.2 Å². The van der Waals surface area contributed by atoms with Crippen LogP contribution in [-0.2, 0) is 6.18 Å². The number of hydrogen-bond donors (Lipinski definition) is 4. The summed E-state index contributed by atoms with van der Waals surface area (Å²) in [6, 6.07) is 42.6. The summed E-state index contributed by atoms with van der Waals surface area (Å²) in [5.41, 5.74) is 5.76. The second kappa shape index (κ2) is 12.8. The lowest BCUT2D eigenvalue weighted by Gasteiger charge is -2.19. The molecule has 0 aromatic heterocycles. The summed E-state index contributed by atoms with van der Waals surface area (Å²) in [4.78, 5) is 0. The fourth-order valence-electron chi connectivity index (χ4n) is 6.12. The number of nitrogens with one attached hydrogen (secondary N) is 4. The number of benzene rings is 7. The van der Waals surface area contributed by atoms with Crippen molar-refractivity contribution in [1.29, 1.82) is 0 Å². The molecular formula is C41H35F3N4. The van der Waals surface area contributed by atoms with Crippen molar-refractivity contribution in [3.63, 3.8) is 0 Å². The number of halogens is 3. The van der Waals surface area contributed by atoms with E-state index in [4.69, 9.17) is 0 Å². The highest BCUT2D eigenvalue weighted by molar-refractivity contribution is 6.09. The van der Waals surface area contributed by atoms with Crippen LogP contribution in [0, 0.1) is 0 Å². The minimum atomic E-state index is -4.37. The third-order valence-electron chi connectivity index (χ3n) is 8.82. The molecule has 0 saturated heterocycles. The molecule has 0 aliphatic heterocycles. The second-order valence-electron chi connectivity index (χ2n) is 12.0. The first kappa shape index (κ1) is 30.9. The quantitative estimate of drug-likeness (QED) is 0.127. The van der Waals surface area contributed by atoms with Crippen molar-refractivity contribution >= 4 is 72.1 Å². The molecule has 0 bridgehead atoms. The van der Waals surface area contributed by atoms with Crippen LogP contribution in [0.3, 0.4) is 0 Å². The molecule has 0 aliphatic rings. The zero-order chi connectivity index (χ0) is 33.3. The van der Waals surface area contributed by atoms with Crippen molar-refractivity contribution in [2.24, 2.45) is 0 Å². The minimum absolute atomic E-state index is 0.375. The molecular weight excluding hydrogens is 605 g/mol. The predicted molar refractivity (Wildman–Crippen MR) is 197 cm³/mol. The molecule has 0 amide bonds. The first-order chi connectivity index (χ1) is 23.3. The highest BCUT2D eigenvalue weighted by atomic mass is 19.4. The van der Waals surface area contributed by atoms with Gasteiger partial charge in [-0.05, 0) is 74.0 Å². The van der Waals surface area contributed by atoms with E-state index in [1.807, 2.05) is 48.5 Å². The Bertz CT molecular complexity index is 2240. The first-order valence-electron chi connectivity index (χ1n) is 16.1. The van der Waals surface area contributed by atoms with Gasteiger partial charge in [0, 0.05) is 78.2 Å². The van der Waals surface area contributed by atoms with Crippen LogP contribution >= 0.6 is 0 Å². The molecule has 1 unspecified atom stereocenters. The molecule has 0 fully saturated rings. The van der Waals surface area contributed by atoms with E-state index in [0.717, 1.165) is 79.6 Å². The third-order valence-corrected chi connectivity index (χ3v) is 8.82. The molecule has 0 aliphatic carbocycles. The van der Waals surface area contributed by atoms with Gasteiger partial charge in [-0.25, -0.2) is 0 Å². The molecule has 48 heavy (non-hydrogen) atoms. The average molecular weight is 641 g/mol. The van der Waals surface area contributed by atoms with Gasteiger partial charge < -0.3 is 21.3 Å². The number of rotatable bonds is 9. The van der Waals surface area contributed by atoms with Crippen molar-refractivity contribution in [1.82, 2.24) is 0 Å². The van der Waals surface area contributed by atoms with E-state index in [1.165, 1.54) is 17.5 Å². The molecule has 7 aromatic carbocycles. The van der Waals surface area contributed by atoms with Gasteiger partial charge >= 0.3 is 6.18 Å². The second-order valence-corrected chi connectivity index (χ2v) is 12.0. The Balaban J connectivity index is 1.20. The summed E-state index contributed by atoms with van der Waals surface area (Å²) in [6.45, 7) is 4.38. The molecule has 7 rings (SSSR count). The van der Waals surface area contributed by atoms with E-state index in [0.29, 0.717) is 11.7 Å². The van der Waals surface area contributed by atoms with E-state index in [1.54, 1.807) is 0 Å². The van der Waals surface area contributed by atoms with Crippen molar-refractivity contribution < 1.29 is 13.2 Å². The van der Waals surface area contributed by atoms with Crippen molar-refractivity contribution in [2.75, 3.05) is 21.3 Å². The van der Waals surface area contributed by atoms with Gasteiger partial charge in [-0.15, -0.1) is 0 Å². The zero-order valence-corrected chi connectivity index (χ0v) is 26.6. The van der Waals surface area contributed by atoms with Crippen LogP contribution in [0.4, 0.5) is 53.0 Å². The van der Waals surface area contributed by atoms with Crippen LogP contribution < -0.4 is 21.3 Å². The topological polar surface area (TPSA) is 48.1 Å². The standard InChI is InChI=1S/C41H35F3N4/c1-3-26(2)45-35-20-22-37(31-12-6-4-10-29(31)35)47-39-24-25-40(34-15-9-8-14-33(34)39)48-38-23-21-36(30-11-5-7-13-32(30)38)46-28-18-16-27(17-19-28)41(42,43)44/h4-26,45-48H,3H2,1-2H3. The normalized spacial score (nSPS) is 12.3.